The van der Waals surface area contributed by atoms with Crippen LogP contribution in [0.4, 0.5) is 0 Å². The van der Waals surface area contributed by atoms with Crippen LogP contribution in [0.15, 0.2) is 128 Å². The summed E-state index contributed by atoms with van der Waals surface area (Å²) in [7, 11) is 0. The molecule has 0 aliphatic carbocycles. The SMILES string of the molecule is CC(C)(C)c1cc(-c2[c-]cc3c(c2)c2ccccc2n3-c2ccccc2)ncn1.CCn1c2ccccc2c2cc3c(cc21)C[n+]1cnc(C(C)(C)C)cc1-3.[Ir]. The van der Waals surface area contributed by atoms with Crippen LogP contribution in [0.3, 0.4) is 0 Å². The van der Waals surface area contributed by atoms with Gasteiger partial charge in [0.2, 0.25) is 0 Å². The Hall–Kier alpha value is -5.49. The molecule has 4 aromatic heterocycles. The molecule has 0 saturated carbocycles. The minimum Gasteiger partial charge on any atom is -0.351 e. The third-order valence-corrected chi connectivity index (χ3v) is 10.9. The molecule has 7 heteroatoms. The normalized spacial score (nSPS) is 12.4. The van der Waals surface area contributed by atoms with Crippen molar-refractivity contribution in [3.05, 3.63) is 151 Å². The van der Waals surface area contributed by atoms with E-state index in [0.717, 1.165) is 46.9 Å². The van der Waals surface area contributed by atoms with Gasteiger partial charge in [-0.05, 0) is 59.9 Å². The van der Waals surface area contributed by atoms with Crippen LogP contribution in [-0.2, 0) is 44.0 Å². The summed E-state index contributed by atoms with van der Waals surface area (Å²) < 4.78 is 7.00. The van der Waals surface area contributed by atoms with E-state index in [1.54, 1.807) is 6.33 Å². The molecule has 0 unspecified atom stereocenters. The van der Waals surface area contributed by atoms with Gasteiger partial charge in [-0.15, -0.1) is 23.8 Å². The third-order valence-electron chi connectivity index (χ3n) is 10.9. The molecule has 5 aromatic carbocycles. The summed E-state index contributed by atoms with van der Waals surface area (Å²) in [6, 6.07) is 44.6. The minimum absolute atomic E-state index is 0. The van der Waals surface area contributed by atoms with Gasteiger partial charge in [-0.25, -0.2) is 9.55 Å². The summed E-state index contributed by atoms with van der Waals surface area (Å²) in [4.78, 5) is 13.7. The van der Waals surface area contributed by atoms with Crippen LogP contribution in [0.1, 0.15) is 65.4 Å². The molecule has 0 amide bonds. The number of aryl methyl sites for hydroxylation is 1. The van der Waals surface area contributed by atoms with Crippen molar-refractivity contribution in [2.75, 3.05) is 0 Å². The van der Waals surface area contributed by atoms with E-state index < -0.39 is 0 Å². The predicted molar refractivity (Wildman–Crippen MR) is 226 cm³/mol. The third kappa shape index (κ3) is 6.43. The Morgan fingerprint density at radius 1 is 0.643 bits per heavy atom. The molecule has 1 aliphatic heterocycles. The zero-order valence-electron chi connectivity index (χ0n) is 33.1. The maximum absolute atomic E-state index is 4.70. The number of hydrogen-bond acceptors (Lipinski definition) is 3. The first-order chi connectivity index (χ1) is 26.5. The summed E-state index contributed by atoms with van der Waals surface area (Å²) in [5.74, 6) is 0. The molecular weight excluding hydrogens is 865 g/mol. The summed E-state index contributed by atoms with van der Waals surface area (Å²) in [5.41, 5.74) is 14.3. The number of fused-ring (bicyclic) bond motifs is 9. The van der Waals surface area contributed by atoms with Crippen molar-refractivity contribution in [3.8, 4) is 28.2 Å². The van der Waals surface area contributed by atoms with Gasteiger partial charge in [0.15, 0.2) is 5.69 Å². The Labute approximate surface area is 342 Å². The number of hydrogen-bond donors (Lipinski definition) is 0. The zero-order valence-corrected chi connectivity index (χ0v) is 35.5. The van der Waals surface area contributed by atoms with E-state index in [1.807, 2.05) is 12.4 Å². The Bertz CT molecular complexity index is 2910. The second-order valence-electron chi connectivity index (χ2n) is 16.7. The van der Waals surface area contributed by atoms with Gasteiger partial charge in [0, 0.05) is 93.4 Å². The van der Waals surface area contributed by atoms with Gasteiger partial charge >= 0.3 is 0 Å². The fraction of sp³-hybridized carbons (Fsp3) is 0.224. The van der Waals surface area contributed by atoms with Gasteiger partial charge in [-0.1, -0.05) is 113 Å². The van der Waals surface area contributed by atoms with Crippen LogP contribution in [0.5, 0.6) is 0 Å². The van der Waals surface area contributed by atoms with Gasteiger partial charge < -0.3 is 9.13 Å². The Morgan fingerprint density at radius 3 is 2.00 bits per heavy atom. The molecule has 0 fully saturated rings. The molecule has 0 N–H and O–H groups in total. The van der Waals surface area contributed by atoms with Crippen LogP contribution in [0.2, 0.25) is 0 Å². The van der Waals surface area contributed by atoms with Crippen LogP contribution >= 0.6 is 0 Å². The maximum atomic E-state index is 4.70. The van der Waals surface area contributed by atoms with Crippen molar-refractivity contribution in [1.82, 2.24) is 24.1 Å². The molecule has 0 bridgehead atoms. The van der Waals surface area contributed by atoms with E-state index in [4.69, 9.17) is 4.98 Å². The van der Waals surface area contributed by atoms with E-state index >= 15 is 0 Å². The topological polar surface area (TPSA) is 52.4 Å². The van der Waals surface area contributed by atoms with Crippen molar-refractivity contribution in [2.45, 2.75) is 72.4 Å². The Kier molecular flexibility index (Phi) is 9.51. The van der Waals surface area contributed by atoms with E-state index in [1.165, 1.54) is 54.9 Å². The van der Waals surface area contributed by atoms with Gasteiger partial charge in [-0.3, -0.25) is 4.98 Å². The molecule has 0 spiro atoms. The van der Waals surface area contributed by atoms with E-state index in [2.05, 4.69) is 187 Å². The maximum Gasteiger partial charge on any atom is 0.287 e. The molecule has 281 valence electrons. The second-order valence-corrected chi connectivity index (χ2v) is 16.7. The van der Waals surface area contributed by atoms with Crippen molar-refractivity contribution in [1.29, 1.82) is 0 Å². The zero-order chi connectivity index (χ0) is 38.1. The van der Waals surface area contributed by atoms with Crippen molar-refractivity contribution >= 4 is 43.6 Å². The number of nitrogens with zero attached hydrogens (tertiary/aromatic N) is 6. The first-order valence-corrected chi connectivity index (χ1v) is 19.3. The number of para-hydroxylation sites is 3. The predicted octanol–water partition coefficient (Wildman–Crippen LogP) is 11.2. The molecule has 56 heavy (non-hydrogen) atoms. The van der Waals surface area contributed by atoms with Crippen molar-refractivity contribution < 1.29 is 24.7 Å². The minimum atomic E-state index is -0.0227. The van der Waals surface area contributed by atoms with Gasteiger partial charge in [0.25, 0.3) is 6.33 Å². The van der Waals surface area contributed by atoms with E-state index in [9.17, 15) is 0 Å². The van der Waals surface area contributed by atoms with Gasteiger partial charge in [0.05, 0.1) is 0 Å². The largest absolute Gasteiger partial charge is 0.351 e. The monoisotopic (exact) mass is 911 g/mol. The molecule has 0 saturated heterocycles. The first-order valence-electron chi connectivity index (χ1n) is 19.3. The smallest absolute Gasteiger partial charge is 0.287 e. The molecule has 9 aromatic rings. The van der Waals surface area contributed by atoms with Crippen LogP contribution in [0.25, 0.3) is 71.8 Å². The number of aromatic nitrogens is 6. The summed E-state index contributed by atoms with van der Waals surface area (Å²) >= 11 is 0. The Morgan fingerprint density at radius 2 is 1.29 bits per heavy atom. The second kappa shape index (κ2) is 14.2. The molecule has 1 radical (unpaired) electrons. The van der Waals surface area contributed by atoms with Crippen molar-refractivity contribution in [2.24, 2.45) is 0 Å². The van der Waals surface area contributed by atoms with Crippen molar-refractivity contribution in [3.63, 3.8) is 0 Å². The van der Waals surface area contributed by atoms with E-state index in [-0.39, 0.29) is 30.9 Å². The molecule has 5 heterocycles. The molecule has 0 atom stereocenters. The number of benzene rings is 5. The average Bonchev–Trinajstić information content (AvgIpc) is 3.83. The number of rotatable bonds is 3. The van der Waals surface area contributed by atoms with Gasteiger partial charge in [-0.2, -0.15) is 0 Å². The fourth-order valence-corrected chi connectivity index (χ4v) is 8.07. The first kappa shape index (κ1) is 37.4. The van der Waals surface area contributed by atoms with E-state index in [0.29, 0.717) is 0 Å². The summed E-state index contributed by atoms with van der Waals surface area (Å²) in [6.07, 6.45) is 3.66. The molecule has 1 aliphatic rings. The molecule has 10 rings (SSSR count). The van der Waals surface area contributed by atoms with Crippen LogP contribution < -0.4 is 4.57 Å². The molecular formula is C49H46IrN6. The average molecular weight is 911 g/mol. The summed E-state index contributed by atoms with van der Waals surface area (Å²) in [6.45, 7) is 17.3. The fourth-order valence-electron chi connectivity index (χ4n) is 8.07. The molecule has 6 nitrogen and oxygen atoms in total. The van der Waals surface area contributed by atoms with Crippen LogP contribution in [0, 0.1) is 6.07 Å². The quantitative estimate of drug-likeness (QED) is 0.131. The summed E-state index contributed by atoms with van der Waals surface area (Å²) in [5, 5.41) is 5.13. The van der Waals surface area contributed by atoms with Crippen LogP contribution in [-0.4, -0.2) is 24.1 Å². The Balaban J connectivity index is 0.000000156. The standard InChI is InChI=1S/C26H22N3.C23H24N3.Ir/c1-26(2,3)25-16-22(27-17-28-25)18-13-14-24-21(15-18)20-11-7-8-12-23(20)29(24)19-9-5-4-6-10-19;1-5-26-19-9-7-6-8-16(19)18-11-17-15(10-21(18)26)13-25-14-24-22(12-20(17)25)23(2,3)4;/h4-12,14-17H,1-3H3;6-12,14H,5,13H2,1-4H3;/q-1;+1;. The van der Waals surface area contributed by atoms with Gasteiger partial charge in [0.1, 0.15) is 18.6 Å².